The van der Waals surface area contributed by atoms with Crippen LogP contribution in [0.15, 0.2) is 42.7 Å². The summed E-state index contributed by atoms with van der Waals surface area (Å²) >= 11 is 0. The van der Waals surface area contributed by atoms with Crippen molar-refractivity contribution in [3.63, 3.8) is 0 Å². The zero-order valence-corrected chi connectivity index (χ0v) is 25.9. The molecule has 0 radical (unpaired) electrons. The van der Waals surface area contributed by atoms with Gasteiger partial charge in [-0.1, -0.05) is 33.8 Å². The molecule has 12 heteroatoms. The Labute approximate surface area is 247 Å². The van der Waals surface area contributed by atoms with E-state index in [-0.39, 0.29) is 22.8 Å². The molecule has 0 bridgehead atoms. The van der Waals surface area contributed by atoms with Crippen molar-refractivity contribution in [1.82, 2.24) is 20.7 Å². The van der Waals surface area contributed by atoms with E-state index in [1.165, 1.54) is 25.6 Å². The van der Waals surface area contributed by atoms with Gasteiger partial charge in [0, 0.05) is 23.0 Å². The Kier molecular flexibility index (Phi) is 7.71. The van der Waals surface area contributed by atoms with Crippen LogP contribution in [0, 0.1) is 6.92 Å². The highest BCUT2D eigenvalue weighted by Crippen LogP contribution is 2.40. The van der Waals surface area contributed by atoms with E-state index in [1.54, 1.807) is 12.1 Å². The van der Waals surface area contributed by atoms with E-state index < -0.39 is 10.0 Å². The summed E-state index contributed by atoms with van der Waals surface area (Å²) < 4.78 is 34.4. The van der Waals surface area contributed by atoms with Gasteiger partial charge in [-0.2, -0.15) is 5.10 Å². The van der Waals surface area contributed by atoms with Gasteiger partial charge in [-0.05, 0) is 67.0 Å². The van der Waals surface area contributed by atoms with Gasteiger partial charge < -0.3 is 15.5 Å². The first-order valence-corrected chi connectivity index (χ1v) is 15.9. The minimum Gasteiger partial charge on any atom is -0.492 e. The highest BCUT2D eigenvalue weighted by molar-refractivity contribution is 7.92. The number of nitrogens with zero attached hydrogens (tertiary/aromatic N) is 3. The van der Waals surface area contributed by atoms with Gasteiger partial charge in [0.25, 0.3) is 5.91 Å². The lowest BCUT2D eigenvalue weighted by molar-refractivity contribution is 0.102. The van der Waals surface area contributed by atoms with Crippen molar-refractivity contribution in [3.05, 3.63) is 70.7 Å². The van der Waals surface area contributed by atoms with Crippen LogP contribution in [-0.4, -0.2) is 37.5 Å². The van der Waals surface area contributed by atoms with Crippen molar-refractivity contribution in [2.45, 2.75) is 65.3 Å². The molecule has 0 unspecified atom stereocenters. The lowest BCUT2D eigenvalue weighted by atomic mass is 9.86. The Hall–Kier alpha value is -4.03. The second kappa shape index (κ2) is 11.0. The molecule has 1 aromatic heterocycles. The first-order chi connectivity index (χ1) is 19.8. The number of methoxy groups -OCH3 is 1. The van der Waals surface area contributed by atoms with Crippen molar-refractivity contribution in [1.29, 1.82) is 0 Å². The molecule has 42 heavy (non-hydrogen) atoms. The molecule has 2 aliphatic rings. The van der Waals surface area contributed by atoms with E-state index in [9.17, 15) is 13.2 Å². The number of ether oxygens (including phenoxy) is 1. The number of nitrogens with one attached hydrogen (secondary N) is 4. The minimum atomic E-state index is -3.59. The predicted octanol–water partition coefficient (Wildman–Crippen LogP) is 4.85. The van der Waals surface area contributed by atoms with Gasteiger partial charge in [-0.25, -0.2) is 8.42 Å². The molecule has 5 rings (SSSR count). The van der Waals surface area contributed by atoms with Gasteiger partial charge in [0.2, 0.25) is 10.0 Å². The molecule has 2 heterocycles. The van der Waals surface area contributed by atoms with E-state index in [1.807, 2.05) is 63.3 Å². The Morgan fingerprint density at radius 3 is 2.50 bits per heavy atom. The third kappa shape index (κ3) is 6.09. The standard InChI is InChI=1S/C30H39N7O4S/c1-8-26-22(16-31-37(26)21-11-12-21)25-17-36(35-33-25)27-13-19(10-9-18(27)2)29(38)32-23-14-20(30(3,4)5)15-24(28(23)41-6)34-42(7,39)40/h9-10,13-17,21,33-35H,8,11-12H2,1-7H3,(H,32,38). The smallest absolute Gasteiger partial charge is 0.255 e. The molecule has 0 spiro atoms. The normalized spacial score (nSPS) is 15.3. The first kappa shape index (κ1) is 29.5. The average molecular weight is 594 g/mol. The lowest BCUT2D eigenvalue weighted by Gasteiger charge is -2.24. The van der Waals surface area contributed by atoms with E-state index in [2.05, 4.69) is 37.7 Å². The van der Waals surface area contributed by atoms with Crippen molar-refractivity contribution >= 4 is 38.7 Å². The summed E-state index contributed by atoms with van der Waals surface area (Å²) in [6, 6.07) is 9.50. The number of carbonyl (C=O) groups is 1. The van der Waals surface area contributed by atoms with Crippen molar-refractivity contribution in [2.24, 2.45) is 0 Å². The second-order valence-electron chi connectivity index (χ2n) is 11.9. The number of carbonyl (C=O) groups excluding carboxylic acids is 1. The molecule has 1 saturated carbocycles. The fourth-order valence-electron chi connectivity index (χ4n) is 5.03. The summed E-state index contributed by atoms with van der Waals surface area (Å²) in [6.45, 7) is 10.1. The van der Waals surface area contributed by atoms with Gasteiger partial charge >= 0.3 is 0 Å². The Morgan fingerprint density at radius 1 is 1.17 bits per heavy atom. The van der Waals surface area contributed by atoms with Crippen LogP contribution in [0.3, 0.4) is 0 Å². The molecule has 2 aromatic carbocycles. The third-order valence-corrected chi connectivity index (χ3v) is 8.01. The Balaban J connectivity index is 1.44. The molecule has 1 aliphatic heterocycles. The maximum absolute atomic E-state index is 13.6. The summed E-state index contributed by atoms with van der Waals surface area (Å²) in [4.78, 5) is 13.6. The maximum atomic E-state index is 13.6. The van der Waals surface area contributed by atoms with Crippen LogP contribution >= 0.6 is 0 Å². The van der Waals surface area contributed by atoms with Crippen molar-refractivity contribution in [3.8, 4) is 5.75 Å². The molecule has 3 aromatic rings. The van der Waals surface area contributed by atoms with Crippen molar-refractivity contribution in [2.75, 3.05) is 28.4 Å². The molecule has 4 N–H and O–H groups in total. The number of hydrogen-bond donors (Lipinski definition) is 4. The molecule has 0 saturated heterocycles. The third-order valence-electron chi connectivity index (χ3n) is 7.42. The van der Waals surface area contributed by atoms with Gasteiger partial charge in [0.1, 0.15) is 0 Å². The van der Waals surface area contributed by atoms with E-state index in [4.69, 9.17) is 4.74 Å². The van der Waals surface area contributed by atoms with E-state index >= 15 is 0 Å². The highest BCUT2D eigenvalue weighted by atomic mass is 32.2. The Bertz CT molecular complexity index is 1670. The fraction of sp³-hybridized carbons (Fsp3) is 0.400. The molecule has 1 aliphatic carbocycles. The van der Waals surface area contributed by atoms with Crippen LogP contribution < -0.4 is 30.7 Å². The molecule has 0 atom stereocenters. The maximum Gasteiger partial charge on any atom is 0.255 e. The van der Waals surface area contributed by atoms with Gasteiger partial charge in [0.05, 0.1) is 48.4 Å². The number of sulfonamides is 1. The number of aromatic nitrogens is 2. The number of hydrogen-bond acceptors (Lipinski definition) is 8. The predicted molar refractivity (Wildman–Crippen MR) is 166 cm³/mol. The summed E-state index contributed by atoms with van der Waals surface area (Å²) in [5.74, 6) is -0.133. The largest absolute Gasteiger partial charge is 0.492 e. The monoisotopic (exact) mass is 593 g/mol. The number of rotatable bonds is 9. The average Bonchev–Trinajstić information content (AvgIpc) is 3.47. The highest BCUT2D eigenvalue weighted by Gasteiger charge is 2.29. The van der Waals surface area contributed by atoms with Crippen LogP contribution in [0.25, 0.3) is 5.70 Å². The first-order valence-electron chi connectivity index (χ1n) is 14.0. The number of aryl methyl sites for hydroxylation is 1. The quantitative estimate of drug-likeness (QED) is 0.277. The van der Waals surface area contributed by atoms with Crippen LogP contribution in [0.2, 0.25) is 0 Å². The molecule has 1 fully saturated rings. The van der Waals surface area contributed by atoms with Crippen LogP contribution in [0.5, 0.6) is 5.75 Å². The van der Waals surface area contributed by atoms with Gasteiger partial charge in [-0.15, -0.1) is 5.53 Å². The fourth-order valence-corrected chi connectivity index (χ4v) is 5.59. The number of benzene rings is 2. The van der Waals surface area contributed by atoms with Crippen LogP contribution in [0.1, 0.15) is 79.3 Å². The van der Waals surface area contributed by atoms with Crippen molar-refractivity contribution < 1.29 is 17.9 Å². The summed E-state index contributed by atoms with van der Waals surface area (Å²) in [5, 5.41) is 9.43. The number of hydrazine groups is 2. The zero-order chi connectivity index (χ0) is 30.4. The lowest BCUT2D eigenvalue weighted by Crippen LogP contribution is -2.36. The van der Waals surface area contributed by atoms with Gasteiger partial charge in [-0.3, -0.25) is 19.2 Å². The molecule has 1 amide bonds. The molecular weight excluding hydrogens is 554 g/mol. The molecule has 11 nitrogen and oxygen atoms in total. The minimum absolute atomic E-state index is 0.227. The number of anilines is 3. The zero-order valence-electron chi connectivity index (χ0n) is 25.1. The van der Waals surface area contributed by atoms with Crippen LogP contribution in [0.4, 0.5) is 17.1 Å². The topological polar surface area (TPSA) is 130 Å². The summed E-state index contributed by atoms with van der Waals surface area (Å²) in [7, 11) is -2.15. The Morgan fingerprint density at radius 2 is 1.88 bits per heavy atom. The van der Waals surface area contributed by atoms with Gasteiger partial charge in [0.15, 0.2) is 5.75 Å². The summed E-state index contributed by atoms with van der Waals surface area (Å²) in [6.07, 6.45) is 8.16. The number of amides is 1. The SMILES string of the molecule is CCc1c(C2=CN(c3cc(C(=O)Nc4cc(C(C)(C)C)cc(NS(C)(=O)=O)c4OC)ccc3C)NN2)cnn1C1CC1. The molecule has 224 valence electrons. The summed E-state index contributed by atoms with van der Waals surface area (Å²) in [5.41, 5.74) is 12.9. The van der Waals surface area contributed by atoms with Crippen LogP contribution in [-0.2, 0) is 21.9 Å². The molecular formula is C30H39N7O4S. The second-order valence-corrected chi connectivity index (χ2v) is 13.6. The van der Waals surface area contributed by atoms with E-state index in [0.717, 1.165) is 40.8 Å². The van der Waals surface area contributed by atoms with E-state index in [0.29, 0.717) is 17.3 Å².